The Bertz CT molecular complexity index is 928. The van der Waals surface area contributed by atoms with Crippen molar-refractivity contribution in [2.24, 2.45) is 11.1 Å². The fraction of sp³-hybridized carbons (Fsp3) is 0.391. The van der Waals surface area contributed by atoms with Gasteiger partial charge in [0.2, 0.25) is 0 Å². The van der Waals surface area contributed by atoms with Crippen molar-refractivity contribution in [1.29, 1.82) is 0 Å². The van der Waals surface area contributed by atoms with Crippen molar-refractivity contribution >= 4 is 23.3 Å². The molecule has 1 fully saturated rings. The molecule has 2 aliphatic rings. The monoisotopic (exact) mass is 412 g/mol. The summed E-state index contributed by atoms with van der Waals surface area (Å²) in [5, 5.41) is 14.4. The van der Waals surface area contributed by atoms with Gasteiger partial charge in [-0.05, 0) is 55.5 Å². The van der Waals surface area contributed by atoms with E-state index in [2.05, 4.69) is 34.3 Å². The lowest BCUT2D eigenvalue weighted by Gasteiger charge is -2.30. The van der Waals surface area contributed by atoms with Gasteiger partial charge < -0.3 is 9.94 Å². The summed E-state index contributed by atoms with van der Waals surface area (Å²) >= 11 is 6.27. The molecule has 152 valence electrons. The third kappa shape index (κ3) is 4.62. The number of hydrogen-bond acceptors (Lipinski definition) is 4. The number of likely N-dealkylation sites (tertiary alicyclic amines) is 1. The molecule has 29 heavy (non-hydrogen) atoms. The summed E-state index contributed by atoms with van der Waals surface area (Å²) in [7, 11) is 0. The number of hydrogen-bond donors (Lipinski definition) is 1. The molecule has 1 N–H and O–H groups in total. The summed E-state index contributed by atoms with van der Waals surface area (Å²) in [4.78, 5) is 19.1. The van der Waals surface area contributed by atoms with E-state index in [4.69, 9.17) is 16.4 Å². The maximum Gasteiger partial charge on any atom is 0.307 e. The van der Waals surface area contributed by atoms with E-state index in [0.717, 1.165) is 49.1 Å². The van der Waals surface area contributed by atoms with Gasteiger partial charge in [-0.1, -0.05) is 47.1 Å². The molecule has 1 aliphatic carbocycles. The van der Waals surface area contributed by atoms with E-state index in [1.165, 1.54) is 11.1 Å². The highest BCUT2D eigenvalue weighted by Crippen LogP contribution is 2.27. The molecule has 0 spiro atoms. The Morgan fingerprint density at radius 2 is 1.97 bits per heavy atom. The zero-order valence-corrected chi connectivity index (χ0v) is 17.1. The van der Waals surface area contributed by atoms with Gasteiger partial charge in [0.25, 0.3) is 0 Å². The number of fused-ring (bicyclic) bond motifs is 2. The van der Waals surface area contributed by atoms with Crippen LogP contribution < -0.4 is 0 Å². The molecular formula is C23H25ClN2O3. The van der Waals surface area contributed by atoms with Crippen LogP contribution in [0.4, 0.5) is 0 Å². The maximum atomic E-state index is 11.2. The van der Waals surface area contributed by atoms with Gasteiger partial charge in [-0.2, -0.15) is 0 Å². The number of aryl methyl sites for hydroxylation is 2. The first-order valence-electron chi connectivity index (χ1n) is 10.1. The molecule has 1 saturated heterocycles. The minimum absolute atomic E-state index is 0.280. The predicted octanol–water partition coefficient (Wildman–Crippen LogP) is 4.00. The molecule has 0 aromatic heterocycles. The molecule has 2 aromatic rings. The first-order valence-corrected chi connectivity index (χ1v) is 10.5. The number of benzene rings is 2. The molecule has 0 bridgehead atoms. The molecule has 2 aromatic carbocycles. The molecule has 6 heteroatoms. The van der Waals surface area contributed by atoms with Gasteiger partial charge in [-0.3, -0.25) is 9.69 Å². The summed E-state index contributed by atoms with van der Waals surface area (Å²) in [6, 6.07) is 14.2. The smallest absolute Gasteiger partial charge is 0.307 e. The summed E-state index contributed by atoms with van der Waals surface area (Å²) in [5.41, 5.74) is 5.39. The van der Waals surface area contributed by atoms with Crippen LogP contribution in [0.1, 0.15) is 35.1 Å². The number of carboxylic acid groups (broad SMARTS) is 1. The lowest BCUT2D eigenvalue weighted by molar-refractivity contribution is -0.143. The Balaban J connectivity index is 1.50. The largest absolute Gasteiger partial charge is 0.481 e. The molecule has 1 heterocycles. The highest BCUT2D eigenvalue weighted by Gasteiger charge is 2.25. The standard InChI is InChI=1S/C23H25ClN2O3/c24-19-10-9-17-8-7-16-4-1-2-6-20(16)22(21(17)14-19)25-29-13-12-26-11-3-5-18(15-26)23(27)28/h1-2,4,6,9-10,14,18H,3,5,7-8,11-13,15H2,(H,27,28)/t18-/m1/s1. The van der Waals surface area contributed by atoms with Crippen LogP contribution in [-0.2, 0) is 22.5 Å². The lowest BCUT2D eigenvalue weighted by Crippen LogP contribution is -2.40. The van der Waals surface area contributed by atoms with Crippen LogP contribution in [0.15, 0.2) is 47.6 Å². The topological polar surface area (TPSA) is 62.1 Å². The van der Waals surface area contributed by atoms with Gasteiger partial charge >= 0.3 is 5.97 Å². The molecule has 0 amide bonds. The van der Waals surface area contributed by atoms with E-state index in [0.29, 0.717) is 24.7 Å². The molecule has 1 aliphatic heterocycles. The quantitative estimate of drug-likeness (QED) is 0.595. The van der Waals surface area contributed by atoms with Gasteiger partial charge in [-0.15, -0.1) is 0 Å². The third-order valence-electron chi connectivity index (χ3n) is 5.77. The Morgan fingerprint density at radius 1 is 1.17 bits per heavy atom. The number of piperidine rings is 1. The number of carboxylic acids is 1. The van der Waals surface area contributed by atoms with Crippen molar-refractivity contribution < 1.29 is 14.7 Å². The number of halogens is 1. The molecule has 0 radical (unpaired) electrons. The highest BCUT2D eigenvalue weighted by molar-refractivity contribution is 6.31. The molecule has 1 atom stereocenters. The van der Waals surface area contributed by atoms with E-state index >= 15 is 0 Å². The van der Waals surface area contributed by atoms with Crippen LogP contribution >= 0.6 is 11.6 Å². The maximum absolute atomic E-state index is 11.2. The van der Waals surface area contributed by atoms with Gasteiger partial charge in [0.15, 0.2) is 0 Å². The Morgan fingerprint density at radius 3 is 2.79 bits per heavy atom. The van der Waals surface area contributed by atoms with Crippen molar-refractivity contribution in [3.63, 3.8) is 0 Å². The Labute approximate surface area is 175 Å². The van der Waals surface area contributed by atoms with Gasteiger partial charge in [0.1, 0.15) is 12.3 Å². The second-order valence-electron chi connectivity index (χ2n) is 7.71. The second kappa shape index (κ2) is 8.97. The van der Waals surface area contributed by atoms with E-state index in [1.807, 2.05) is 18.2 Å². The van der Waals surface area contributed by atoms with Crippen LogP contribution in [0.5, 0.6) is 0 Å². The molecule has 0 saturated carbocycles. The summed E-state index contributed by atoms with van der Waals surface area (Å²) in [5.74, 6) is -0.989. The van der Waals surface area contributed by atoms with Crippen molar-refractivity contribution in [3.8, 4) is 0 Å². The fourth-order valence-corrected chi connectivity index (χ4v) is 4.38. The summed E-state index contributed by atoms with van der Waals surface area (Å²) < 4.78 is 0. The average molecular weight is 413 g/mol. The molecule has 4 rings (SSSR count). The normalized spacial score (nSPS) is 20.6. The van der Waals surface area contributed by atoms with E-state index < -0.39 is 5.97 Å². The van der Waals surface area contributed by atoms with Crippen molar-refractivity contribution in [1.82, 2.24) is 4.90 Å². The van der Waals surface area contributed by atoms with Crippen LogP contribution in [-0.4, -0.2) is 47.9 Å². The molecular weight excluding hydrogens is 388 g/mol. The average Bonchev–Trinajstić information content (AvgIpc) is 2.88. The van der Waals surface area contributed by atoms with Crippen LogP contribution in [0.25, 0.3) is 0 Å². The van der Waals surface area contributed by atoms with Gasteiger partial charge in [0, 0.05) is 29.2 Å². The van der Waals surface area contributed by atoms with Crippen molar-refractivity contribution in [3.05, 3.63) is 69.7 Å². The fourth-order valence-electron chi connectivity index (χ4n) is 4.21. The highest BCUT2D eigenvalue weighted by atomic mass is 35.5. The SMILES string of the molecule is O=C(O)[C@@H]1CCCN(CCON=C2c3ccccc3CCc3ccc(Cl)cc32)C1. The van der Waals surface area contributed by atoms with Gasteiger partial charge in [0.05, 0.1) is 5.92 Å². The molecule has 5 nitrogen and oxygen atoms in total. The van der Waals surface area contributed by atoms with E-state index in [1.54, 1.807) is 0 Å². The van der Waals surface area contributed by atoms with Crippen molar-refractivity contribution in [2.45, 2.75) is 25.7 Å². The number of rotatable bonds is 5. The minimum Gasteiger partial charge on any atom is -0.481 e. The number of aliphatic carboxylic acids is 1. The van der Waals surface area contributed by atoms with Crippen LogP contribution in [0.3, 0.4) is 0 Å². The minimum atomic E-state index is -0.709. The van der Waals surface area contributed by atoms with Gasteiger partial charge in [-0.25, -0.2) is 0 Å². The summed E-state index contributed by atoms with van der Waals surface area (Å²) in [6.45, 7) is 2.58. The lowest BCUT2D eigenvalue weighted by atomic mass is 9.98. The summed E-state index contributed by atoms with van der Waals surface area (Å²) in [6.07, 6.45) is 3.55. The number of nitrogens with zero attached hydrogens (tertiary/aromatic N) is 2. The third-order valence-corrected chi connectivity index (χ3v) is 6.01. The van der Waals surface area contributed by atoms with Crippen LogP contribution in [0.2, 0.25) is 5.02 Å². The first-order chi connectivity index (χ1) is 14.1. The second-order valence-corrected chi connectivity index (χ2v) is 8.15. The Hall–Kier alpha value is -2.37. The molecule has 0 unspecified atom stereocenters. The van der Waals surface area contributed by atoms with Crippen LogP contribution in [0, 0.1) is 5.92 Å². The van der Waals surface area contributed by atoms with E-state index in [-0.39, 0.29) is 5.92 Å². The zero-order chi connectivity index (χ0) is 20.2. The number of oxime groups is 1. The van der Waals surface area contributed by atoms with Crippen molar-refractivity contribution in [2.75, 3.05) is 26.2 Å². The number of carbonyl (C=O) groups is 1. The van der Waals surface area contributed by atoms with E-state index in [9.17, 15) is 9.90 Å². The predicted molar refractivity (Wildman–Crippen MR) is 114 cm³/mol. The zero-order valence-electron chi connectivity index (χ0n) is 16.3. The Kier molecular flexibility index (Phi) is 6.16. The first kappa shape index (κ1) is 19.9.